The maximum absolute atomic E-state index is 12.4. The van der Waals surface area contributed by atoms with Gasteiger partial charge in [-0.1, -0.05) is 6.07 Å². The molecule has 2 aromatic rings. The van der Waals surface area contributed by atoms with E-state index in [1.54, 1.807) is 0 Å². The Bertz CT molecular complexity index is 743. The van der Waals surface area contributed by atoms with Crippen LogP contribution in [0, 0.1) is 0 Å². The zero-order valence-electron chi connectivity index (χ0n) is 12.2. The summed E-state index contributed by atoms with van der Waals surface area (Å²) in [4.78, 5) is 11.7. The lowest BCUT2D eigenvalue weighted by Gasteiger charge is -2.11. The lowest BCUT2D eigenvalue weighted by Crippen LogP contribution is -2.19. The molecule has 0 heterocycles. The fourth-order valence-electron chi connectivity index (χ4n) is 1.81. The van der Waals surface area contributed by atoms with Gasteiger partial charge in [0.2, 0.25) is 0 Å². The Morgan fingerprint density at radius 1 is 0.840 bits per heavy atom. The van der Waals surface area contributed by atoms with Gasteiger partial charge in [-0.25, -0.2) is 4.79 Å². The molecular formula is C15H10F6N2OS. The molecule has 0 saturated heterocycles. The number of carbonyl (C=O) groups excluding carboxylic acids is 1. The van der Waals surface area contributed by atoms with Gasteiger partial charge in [0.15, 0.2) is 0 Å². The SMILES string of the molecule is O=C(Nc1ccc(C(F)(F)F)cc1)Nc1cccc(SC(F)(F)F)c1. The second-order valence-electron chi connectivity index (χ2n) is 4.73. The maximum atomic E-state index is 12.4. The van der Waals surface area contributed by atoms with Crippen LogP contribution >= 0.6 is 11.8 Å². The fourth-order valence-corrected chi connectivity index (χ4v) is 2.41. The molecular weight excluding hydrogens is 370 g/mol. The van der Waals surface area contributed by atoms with E-state index in [0.717, 1.165) is 30.3 Å². The number of amides is 2. The predicted octanol–water partition coefficient (Wildman–Crippen LogP) is 5.96. The Morgan fingerprint density at radius 2 is 1.44 bits per heavy atom. The summed E-state index contributed by atoms with van der Waals surface area (Å²) < 4.78 is 74.3. The van der Waals surface area contributed by atoms with Gasteiger partial charge in [0.25, 0.3) is 0 Å². The minimum absolute atomic E-state index is 0.103. The molecule has 2 rings (SSSR count). The smallest absolute Gasteiger partial charge is 0.308 e. The van der Waals surface area contributed by atoms with Crippen molar-refractivity contribution in [2.45, 2.75) is 16.6 Å². The van der Waals surface area contributed by atoms with E-state index in [1.807, 2.05) is 0 Å². The summed E-state index contributed by atoms with van der Waals surface area (Å²) in [5, 5.41) is 4.60. The van der Waals surface area contributed by atoms with Crippen molar-refractivity contribution < 1.29 is 31.1 Å². The Morgan fingerprint density at radius 3 is 2.00 bits per heavy atom. The number of rotatable bonds is 3. The summed E-state index contributed by atoms with van der Waals surface area (Å²) in [5.41, 5.74) is -5.11. The molecule has 2 N–H and O–H groups in total. The van der Waals surface area contributed by atoms with E-state index in [4.69, 9.17) is 0 Å². The van der Waals surface area contributed by atoms with Crippen LogP contribution in [0.1, 0.15) is 5.56 Å². The fraction of sp³-hybridized carbons (Fsp3) is 0.133. The molecule has 0 aliphatic carbocycles. The third-order valence-corrected chi connectivity index (χ3v) is 3.52. The second-order valence-corrected chi connectivity index (χ2v) is 5.87. The summed E-state index contributed by atoms with van der Waals surface area (Å²) in [7, 11) is 0. The van der Waals surface area contributed by atoms with Crippen molar-refractivity contribution in [3.05, 3.63) is 54.1 Å². The number of hydrogen-bond acceptors (Lipinski definition) is 2. The minimum Gasteiger partial charge on any atom is -0.308 e. The molecule has 0 spiro atoms. The van der Waals surface area contributed by atoms with Gasteiger partial charge in [0.1, 0.15) is 0 Å². The Labute approximate surface area is 142 Å². The molecule has 0 unspecified atom stereocenters. The zero-order chi connectivity index (χ0) is 18.7. The van der Waals surface area contributed by atoms with Crippen LogP contribution in [0.25, 0.3) is 0 Å². The first kappa shape index (κ1) is 19.0. The molecule has 2 amide bonds. The van der Waals surface area contributed by atoms with Crippen LogP contribution in [0.3, 0.4) is 0 Å². The lowest BCUT2D eigenvalue weighted by atomic mass is 10.2. The number of urea groups is 1. The Balaban J connectivity index is 1.99. The van der Waals surface area contributed by atoms with Crippen molar-refractivity contribution in [1.82, 2.24) is 0 Å². The van der Waals surface area contributed by atoms with Crippen molar-refractivity contribution in [3.8, 4) is 0 Å². The predicted molar refractivity (Wildman–Crippen MR) is 82.4 cm³/mol. The number of thioether (sulfide) groups is 1. The highest BCUT2D eigenvalue weighted by Crippen LogP contribution is 2.37. The van der Waals surface area contributed by atoms with E-state index in [-0.39, 0.29) is 28.0 Å². The van der Waals surface area contributed by atoms with Crippen LogP contribution < -0.4 is 10.6 Å². The summed E-state index contributed by atoms with van der Waals surface area (Å²) in [6, 6.07) is 8.02. The highest BCUT2D eigenvalue weighted by molar-refractivity contribution is 8.00. The van der Waals surface area contributed by atoms with Gasteiger partial charge in [0, 0.05) is 16.3 Å². The number of nitrogens with one attached hydrogen (secondary N) is 2. The van der Waals surface area contributed by atoms with Crippen LogP contribution in [0.5, 0.6) is 0 Å². The molecule has 2 aromatic carbocycles. The van der Waals surface area contributed by atoms with E-state index in [0.29, 0.717) is 0 Å². The van der Waals surface area contributed by atoms with E-state index in [2.05, 4.69) is 10.6 Å². The van der Waals surface area contributed by atoms with E-state index in [9.17, 15) is 31.1 Å². The summed E-state index contributed by atoms with van der Waals surface area (Å²) in [5.74, 6) is 0. The normalized spacial score (nSPS) is 11.9. The molecule has 134 valence electrons. The molecule has 0 radical (unpaired) electrons. The third kappa shape index (κ3) is 6.22. The summed E-state index contributed by atoms with van der Waals surface area (Å²) >= 11 is -0.328. The molecule has 10 heteroatoms. The van der Waals surface area contributed by atoms with Gasteiger partial charge in [-0.2, -0.15) is 26.3 Å². The van der Waals surface area contributed by atoms with Gasteiger partial charge >= 0.3 is 17.7 Å². The highest BCUT2D eigenvalue weighted by Gasteiger charge is 2.30. The Kier molecular flexibility index (Phi) is 5.51. The lowest BCUT2D eigenvalue weighted by molar-refractivity contribution is -0.137. The van der Waals surface area contributed by atoms with Gasteiger partial charge in [-0.05, 0) is 54.2 Å². The van der Waals surface area contributed by atoms with Crippen molar-refractivity contribution >= 4 is 29.2 Å². The molecule has 25 heavy (non-hydrogen) atoms. The van der Waals surface area contributed by atoms with Crippen LogP contribution in [0.15, 0.2) is 53.4 Å². The van der Waals surface area contributed by atoms with E-state index in [1.165, 1.54) is 18.2 Å². The Hall–Kier alpha value is -2.36. The molecule has 0 aliphatic rings. The first-order valence-corrected chi connectivity index (χ1v) is 7.46. The molecule has 0 atom stereocenters. The van der Waals surface area contributed by atoms with Gasteiger partial charge < -0.3 is 10.6 Å². The number of anilines is 2. The molecule has 0 fully saturated rings. The van der Waals surface area contributed by atoms with Gasteiger partial charge in [0.05, 0.1) is 5.56 Å². The number of alkyl halides is 6. The maximum Gasteiger partial charge on any atom is 0.446 e. The van der Waals surface area contributed by atoms with Crippen LogP contribution in [0.4, 0.5) is 42.5 Å². The van der Waals surface area contributed by atoms with Crippen molar-refractivity contribution in [3.63, 3.8) is 0 Å². The quantitative estimate of drug-likeness (QED) is 0.509. The molecule has 0 aromatic heterocycles. The zero-order valence-corrected chi connectivity index (χ0v) is 13.0. The average molecular weight is 380 g/mol. The topological polar surface area (TPSA) is 41.1 Å². The number of hydrogen-bond donors (Lipinski definition) is 2. The van der Waals surface area contributed by atoms with Crippen molar-refractivity contribution in [2.75, 3.05) is 10.6 Å². The van der Waals surface area contributed by atoms with Crippen molar-refractivity contribution in [2.24, 2.45) is 0 Å². The molecule has 0 bridgehead atoms. The summed E-state index contributed by atoms with van der Waals surface area (Å²) in [6.45, 7) is 0. The highest BCUT2D eigenvalue weighted by atomic mass is 32.2. The standard InChI is InChI=1S/C15H10F6N2OS/c16-14(17,18)9-4-6-10(7-5-9)22-13(24)23-11-2-1-3-12(8-11)25-15(19,20)21/h1-8H,(H2,22,23,24). The third-order valence-electron chi connectivity index (χ3n) is 2.80. The number of halogens is 6. The summed E-state index contributed by atoms with van der Waals surface area (Å²) in [6.07, 6.45) is -4.49. The van der Waals surface area contributed by atoms with Crippen LogP contribution in [-0.4, -0.2) is 11.5 Å². The minimum atomic E-state index is -4.49. The molecule has 3 nitrogen and oxygen atoms in total. The van der Waals surface area contributed by atoms with Crippen LogP contribution in [-0.2, 0) is 6.18 Å². The first-order valence-electron chi connectivity index (χ1n) is 6.64. The molecule has 0 aliphatic heterocycles. The largest absolute Gasteiger partial charge is 0.446 e. The average Bonchev–Trinajstić information content (AvgIpc) is 2.45. The van der Waals surface area contributed by atoms with E-state index >= 15 is 0 Å². The van der Waals surface area contributed by atoms with Gasteiger partial charge in [-0.3, -0.25) is 0 Å². The number of benzene rings is 2. The molecule has 0 saturated carbocycles. The van der Waals surface area contributed by atoms with Crippen LogP contribution in [0.2, 0.25) is 0 Å². The first-order chi connectivity index (χ1) is 11.5. The monoisotopic (exact) mass is 380 g/mol. The van der Waals surface area contributed by atoms with Gasteiger partial charge in [-0.15, -0.1) is 0 Å². The second kappa shape index (κ2) is 7.26. The van der Waals surface area contributed by atoms with Crippen molar-refractivity contribution in [1.29, 1.82) is 0 Å². The van der Waals surface area contributed by atoms with E-state index < -0.39 is 23.3 Å². The number of carbonyl (C=O) groups is 1.